The van der Waals surface area contributed by atoms with E-state index in [2.05, 4.69) is 15.5 Å². The number of anilines is 1. The molecule has 0 aromatic carbocycles. The highest BCUT2D eigenvalue weighted by molar-refractivity contribution is 5.97. The minimum atomic E-state index is -0.245. The second kappa shape index (κ2) is 5.09. The van der Waals surface area contributed by atoms with Crippen molar-refractivity contribution in [1.82, 2.24) is 15.5 Å². The lowest BCUT2D eigenvalue weighted by atomic mass is 9.87. The van der Waals surface area contributed by atoms with Gasteiger partial charge in [0.15, 0.2) is 5.69 Å². The van der Waals surface area contributed by atoms with Crippen LogP contribution in [-0.4, -0.2) is 34.4 Å². The number of H-pyrrole nitrogens is 1. The average Bonchev–Trinajstić information content (AvgIpc) is 3.06. The highest BCUT2D eigenvalue weighted by atomic mass is 16.3. The van der Waals surface area contributed by atoms with Crippen molar-refractivity contribution >= 4 is 11.6 Å². The maximum Gasteiger partial charge on any atom is 0.273 e. The molecule has 0 atom stereocenters. The van der Waals surface area contributed by atoms with Crippen LogP contribution in [0.3, 0.4) is 0 Å². The number of carbonyl (C=O) groups is 1. The first-order valence-electron chi connectivity index (χ1n) is 7.38. The van der Waals surface area contributed by atoms with E-state index in [4.69, 9.17) is 5.73 Å². The second-order valence-electron chi connectivity index (χ2n) is 6.22. The zero-order valence-electron chi connectivity index (χ0n) is 11.6. The molecule has 3 rings (SSSR count). The highest BCUT2D eigenvalue weighted by Gasteiger charge is 2.34. The van der Waals surface area contributed by atoms with Gasteiger partial charge in [-0.15, -0.1) is 0 Å². The molecule has 0 unspecified atom stereocenters. The number of carbonyl (C=O) groups excluding carboxylic acids is 1. The molecule has 0 saturated heterocycles. The zero-order valence-corrected chi connectivity index (χ0v) is 11.6. The fourth-order valence-corrected chi connectivity index (χ4v) is 3.09. The molecule has 0 bridgehead atoms. The van der Waals surface area contributed by atoms with E-state index in [9.17, 15) is 9.90 Å². The molecule has 5 N–H and O–H groups in total. The summed E-state index contributed by atoms with van der Waals surface area (Å²) in [7, 11) is 0. The van der Waals surface area contributed by atoms with Crippen LogP contribution >= 0.6 is 0 Å². The molecule has 110 valence electrons. The number of amides is 1. The fraction of sp³-hybridized carbons (Fsp3) is 0.714. The van der Waals surface area contributed by atoms with Gasteiger partial charge in [-0.2, -0.15) is 5.10 Å². The first kappa shape index (κ1) is 13.4. The van der Waals surface area contributed by atoms with Gasteiger partial charge in [-0.1, -0.05) is 12.8 Å². The van der Waals surface area contributed by atoms with Crippen molar-refractivity contribution in [2.75, 3.05) is 18.9 Å². The molecule has 2 aliphatic carbocycles. The van der Waals surface area contributed by atoms with Crippen LogP contribution in [0.4, 0.5) is 5.69 Å². The Kier molecular flexibility index (Phi) is 3.41. The predicted molar refractivity (Wildman–Crippen MR) is 75.3 cm³/mol. The lowest BCUT2D eigenvalue weighted by Crippen LogP contribution is -2.38. The van der Waals surface area contributed by atoms with Crippen molar-refractivity contribution in [1.29, 1.82) is 0 Å². The van der Waals surface area contributed by atoms with Crippen LogP contribution in [0.1, 0.15) is 60.6 Å². The Labute approximate surface area is 118 Å². The van der Waals surface area contributed by atoms with Crippen molar-refractivity contribution in [3.8, 4) is 0 Å². The number of hydrogen-bond donors (Lipinski definition) is 4. The van der Waals surface area contributed by atoms with Crippen molar-refractivity contribution in [2.24, 2.45) is 5.41 Å². The van der Waals surface area contributed by atoms with E-state index in [0.29, 0.717) is 18.2 Å². The number of aliphatic hydroxyl groups is 1. The number of aromatic nitrogens is 2. The summed E-state index contributed by atoms with van der Waals surface area (Å²) in [5.41, 5.74) is 7.50. The van der Waals surface area contributed by atoms with Crippen LogP contribution in [0.5, 0.6) is 0 Å². The summed E-state index contributed by atoms with van der Waals surface area (Å²) >= 11 is 0. The topological polar surface area (TPSA) is 104 Å². The van der Waals surface area contributed by atoms with E-state index in [0.717, 1.165) is 44.2 Å². The van der Waals surface area contributed by atoms with Gasteiger partial charge >= 0.3 is 0 Å². The number of nitrogens with one attached hydrogen (secondary N) is 2. The lowest BCUT2D eigenvalue weighted by molar-refractivity contribution is 0.0877. The number of aromatic amines is 1. The molecule has 2 aliphatic rings. The van der Waals surface area contributed by atoms with Crippen molar-refractivity contribution in [2.45, 2.75) is 44.4 Å². The van der Waals surface area contributed by atoms with Crippen LogP contribution in [0.15, 0.2) is 0 Å². The molecule has 0 spiro atoms. The quantitative estimate of drug-likeness (QED) is 0.648. The van der Waals surface area contributed by atoms with Gasteiger partial charge in [-0.25, -0.2) is 0 Å². The number of rotatable bonds is 5. The van der Waals surface area contributed by atoms with Gasteiger partial charge in [0.2, 0.25) is 0 Å². The van der Waals surface area contributed by atoms with Crippen LogP contribution in [0, 0.1) is 5.41 Å². The second-order valence-corrected chi connectivity index (χ2v) is 6.22. The minimum Gasteiger partial charge on any atom is -0.396 e. The van der Waals surface area contributed by atoms with E-state index in [1.54, 1.807) is 0 Å². The van der Waals surface area contributed by atoms with E-state index >= 15 is 0 Å². The molecule has 0 radical (unpaired) electrons. The van der Waals surface area contributed by atoms with Crippen LogP contribution in [-0.2, 0) is 0 Å². The minimum absolute atomic E-state index is 0.122. The number of hydrogen-bond acceptors (Lipinski definition) is 4. The standard InChI is InChI=1S/C14H22N4O2/c15-10-11(9-3-4-9)17-18-12(10)13(20)16-7-14(8-19)5-1-2-6-14/h9,19H,1-8,15H2,(H,16,20)(H,17,18). The molecule has 2 saturated carbocycles. The molecule has 1 aromatic heterocycles. The Balaban J connectivity index is 1.64. The largest absolute Gasteiger partial charge is 0.396 e. The number of nitrogens with zero attached hydrogens (tertiary/aromatic N) is 1. The number of nitrogen functional groups attached to an aromatic ring is 1. The van der Waals surface area contributed by atoms with E-state index in [1.165, 1.54) is 0 Å². The molecular weight excluding hydrogens is 256 g/mol. The van der Waals surface area contributed by atoms with Crippen LogP contribution in [0.25, 0.3) is 0 Å². The summed E-state index contributed by atoms with van der Waals surface area (Å²) in [4.78, 5) is 12.2. The highest BCUT2D eigenvalue weighted by Crippen LogP contribution is 2.42. The average molecular weight is 278 g/mol. The third-order valence-electron chi connectivity index (χ3n) is 4.66. The van der Waals surface area contributed by atoms with E-state index < -0.39 is 0 Å². The van der Waals surface area contributed by atoms with Crippen molar-refractivity contribution in [3.63, 3.8) is 0 Å². The maximum atomic E-state index is 12.2. The van der Waals surface area contributed by atoms with Gasteiger partial charge in [0.25, 0.3) is 5.91 Å². The lowest BCUT2D eigenvalue weighted by Gasteiger charge is -2.26. The van der Waals surface area contributed by atoms with E-state index in [-0.39, 0.29) is 23.6 Å². The fourth-order valence-electron chi connectivity index (χ4n) is 3.09. The van der Waals surface area contributed by atoms with E-state index in [1.807, 2.05) is 0 Å². The molecule has 1 amide bonds. The number of aliphatic hydroxyl groups excluding tert-OH is 1. The number of nitrogens with two attached hydrogens (primary N) is 1. The smallest absolute Gasteiger partial charge is 0.273 e. The molecule has 1 aromatic rings. The van der Waals surface area contributed by atoms with Gasteiger partial charge in [-0.05, 0) is 25.7 Å². The summed E-state index contributed by atoms with van der Waals surface area (Å²) in [6, 6.07) is 0. The van der Waals surface area contributed by atoms with Gasteiger partial charge in [0.1, 0.15) is 0 Å². The zero-order chi connectivity index (χ0) is 14.2. The molecule has 6 heteroatoms. The van der Waals surface area contributed by atoms with Crippen molar-refractivity contribution in [3.05, 3.63) is 11.4 Å². The molecule has 20 heavy (non-hydrogen) atoms. The first-order chi connectivity index (χ1) is 9.65. The third-order valence-corrected chi connectivity index (χ3v) is 4.66. The first-order valence-corrected chi connectivity index (χ1v) is 7.38. The Morgan fingerprint density at radius 3 is 2.75 bits per heavy atom. The molecule has 1 heterocycles. The summed E-state index contributed by atoms with van der Waals surface area (Å²) in [5.74, 6) is 0.202. The summed E-state index contributed by atoms with van der Waals surface area (Å²) in [6.45, 7) is 0.615. The maximum absolute atomic E-state index is 12.2. The van der Waals surface area contributed by atoms with Gasteiger partial charge < -0.3 is 16.2 Å². The summed E-state index contributed by atoms with van der Waals surface area (Å²) in [5, 5.41) is 19.4. The Morgan fingerprint density at radius 1 is 1.45 bits per heavy atom. The molecule has 0 aliphatic heterocycles. The molecule has 2 fully saturated rings. The van der Waals surface area contributed by atoms with Crippen LogP contribution < -0.4 is 11.1 Å². The molecule has 6 nitrogen and oxygen atoms in total. The summed E-state index contributed by atoms with van der Waals surface area (Å²) in [6.07, 6.45) is 6.39. The summed E-state index contributed by atoms with van der Waals surface area (Å²) < 4.78 is 0. The third kappa shape index (κ3) is 2.40. The van der Waals surface area contributed by atoms with Gasteiger partial charge in [-0.3, -0.25) is 9.89 Å². The SMILES string of the molecule is Nc1c(C(=O)NCC2(CO)CCCC2)n[nH]c1C1CC1. The normalized spacial score (nSPS) is 21.1. The Bertz CT molecular complexity index is 501. The van der Waals surface area contributed by atoms with Crippen molar-refractivity contribution < 1.29 is 9.90 Å². The monoisotopic (exact) mass is 278 g/mol. The predicted octanol–water partition coefficient (Wildman–Crippen LogP) is 1.15. The molecular formula is C14H22N4O2. The Hall–Kier alpha value is -1.56. The Morgan fingerprint density at radius 2 is 2.15 bits per heavy atom. The van der Waals surface area contributed by atoms with Gasteiger partial charge in [0, 0.05) is 17.9 Å². The van der Waals surface area contributed by atoms with Gasteiger partial charge in [0.05, 0.1) is 18.0 Å². The van der Waals surface area contributed by atoms with Crippen LogP contribution in [0.2, 0.25) is 0 Å².